The summed E-state index contributed by atoms with van der Waals surface area (Å²) < 4.78 is 0. The summed E-state index contributed by atoms with van der Waals surface area (Å²) in [6, 6.07) is 10.1. The standard InChI is InChI=1S/C15H22OSi/c16-15(10-12-3-6-14(15)9-12)13-4-1-11(2-5-13)7-8-17/h1-2,4-5,12,14,16H,3,6-10H2,17H3. The van der Waals surface area contributed by atoms with Crippen molar-refractivity contribution < 1.29 is 5.11 Å². The zero-order valence-corrected chi connectivity index (χ0v) is 12.7. The van der Waals surface area contributed by atoms with Crippen LogP contribution >= 0.6 is 0 Å². The van der Waals surface area contributed by atoms with Crippen LogP contribution in [0.2, 0.25) is 6.04 Å². The van der Waals surface area contributed by atoms with Crippen LogP contribution in [0.3, 0.4) is 0 Å². The highest BCUT2D eigenvalue weighted by molar-refractivity contribution is 6.08. The van der Waals surface area contributed by atoms with Gasteiger partial charge in [-0.15, -0.1) is 0 Å². The van der Waals surface area contributed by atoms with E-state index in [0.29, 0.717) is 5.92 Å². The van der Waals surface area contributed by atoms with Crippen molar-refractivity contribution in [3.63, 3.8) is 0 Å². The van der Waals surface area contributed by atoms with Crippen LogP contribution in [0.1, 0.15) is 36.8 Å². The molecule has 0 saturated heterocycles. The number of rotatable bonds is 3. The van der Waals surface area contributed by atoms with Crippen LogP contribution in [-0.2, 0) is 12.0 Å². The van der Waals surface area contributed by atoms with Gasteiger partial charge < -0.3 is 5.11 Å². The molecule has 0 radical (unpaired) electrons. The molecular weight excluding hydrogens is 224 g/mol. The first kappa shape index (κ1) is 11.5. The fraction of sp³-hybridized carbons (Fsp3) is 0.600. The number of benzene rings is 1. The molecule has 0 heterocycles. The number of hydrogen-bond donors (Lipinski definition) is 1. The van der Waals surface area contributed by atoms with E-state index in [9.17, 15) is 5.11 Å². The van der Waals surface area contributed by atoms with E-state index in [2.05, 4.69) is 24.3 Å². The Balaban J connectivity index is 1.84. The summed E-state index contributed by atoms with van der Waals surface area (Å²) in [5.74, 6) is 1.31. The fourth-order valence-corrected chi connectivity index (χ4v) is 4.48. The average Bonchev–Trinajstić information content (AvgIpc) is 2.90. The van der Waals surface area contributed by atoms with Crippen molar-refractivity contribution >= 4 is 10.2 Å². The van der Waals surface area contributed by atoms with Crippen molar-refractivity contribution in [2.24, 2.45) is 11.8 Å². The summed E-state index contributed by atoms with van der Waals surface area (Å²) in [6.45, 7) is 0. The Bertz CT molecular complexity index is 400. The van der Waals surface area contributed by atoms with Gasteiger partial charge in [0.05, 0.1) is 5.60 Å². The Hall–Kier alpha value is -0.603. The van der Waals surface area contributed by atoms with Crippen LogP contribution in [0.4, 0.5) is 0 Å². The molecule has 1 N–H and O–H groups in total. The van der Waals surface area contributed by atoms with Gasteiger partial charge in [-0.1, -0.05) is 30.3 Å². The molecule has 0 amide bonds. The highest BCUT2D eigenvalue weighted by Gasteiger charge is 2.50. The molecule has 1 aromatic rings. The molecule has 2 heteroatoms. The predicted octanol–water partition coefficient (Wildman–Crippen LogP) is 2.02. The topological polar surface area (TPSA) is 20.2 Å². The first-order valence-electron chi connectivity index (χ1n) is 7.04. The van der Waals surface area contributed by atoms with Crippen LogP contribution in [-0.4, -0.2) is 15.3 Å². The van der Waals surface area contributed by atoms with Crippen LogP contribution in [0.25, 0.3) is 0 Å². The van der Waals surface area contributed by atoms with E-state index in [1.165, 1.54) is 53.1 Å². The second kappa shape index (κ2) is 4.25. The van der Waals surface area contributed by atoms with E-state index >= 15 is 0 Å². The van der Waals surface area contributed by atoms with Crippen molar-refractivity contribution in [1.82, 2.24) is 0 Å². The van der Waals surface area contributed by atoms with Crippen molar-refractivity contribution in [2.45, 2.75) is 43.7 Å². The van der Waals surface area contributed by atoms with Gasteiger partial charge in [0.1, 0.15) is 0 Å². The molecule has 3 atom stereocenters. The van der Waals surface area contributed by atoms with Gasteiger partial charge in [0, 0.05) is 10.2 Å². The molecule has 0 spiro atoms. The molecule has 0 aliphatic heterocycles. The number of aryl methyl sites for hydroxylation is 1. The lowest BCUT2D eigenvalue weighted by Crippen LogP contribution is -2.32. The summed E-state index contributed by atoms with van der Waals surface area (Å²) in [7, 11) is 1.28. The Morgan fingerprint density at radius 3 is 2.53 bits per heavy atom. The predicted molar refractivity (Wildman–Crippen MR) is 74.2 cm³/mol. The van der Waals surface area contributed by atoms with Gasteiger partial charge in [-0.05, 0) is 55.1 Å². The second-order valence-electron chi connectivity index (χ2n) is 5.95. The molecule has 2 saturated carbocycles. The molecule has 2 fully saturated rings. The molecule has 1 aromatic carbocycles. The zero-order valence-electron chi connectivity index (χ0n) is 10.7. The van der Waals surface area contributed by atoms with Gasteiger partial charge in [-0.3, -0.25) is 0 Å². The van der Waals surface area contributed by atoms with Crippen molar-refractivity contribution in [1.29, 1.82) is 0 Å². The monoisotopic (exact) mass is 246 g/mol. The minimum absolute atomic E-state index is 0.498. The maximum Gasteiger partial charge on any atom is 0.0927 e. The Morgan fingerprint density at radius 1 is 1.24 bits per heavy atom. The maximum atomic E-state index is 10.9. The van der Waals surface area contributed by atoms with Gasteiger partial charge >= 0.3 is 0 Å². The minimum atomic E-state index is -0.498. The maximum absolute atomic E-state index is 10.9. The third-order valence-electron chi connectivity index (χ3n) is 4.81. The second-order valence-corrected chi connectivity index (χ2v) is 6.95. The van der Waals surface area contributed by atoms with Crippen LogP contribution < -0.4 is 0 Å². The molecule has 3 rings (SSSR count). The summed E-state index contributed by atoms with van der Waals surface area (Å²) in [6.07, 6.45) is 6.02. The lowest BCUT2D eigenvalue weighted by atomic mass is 9.79. The third kappa shape index (κ3) is 1.87. The molecule has 17 heavy (non-hydrogen) atoms. The summed E-state index contributed by atoms with van der Waals surface area (Å²) >= 11 is 0. The Labute approximate surface area is 107 Å². The van der Waals surface area contributed by atoms with Gasteiger partial charge in [0.15, 0.2) is 0 Å². The van der Waals surface area contributed by atoms with Crippen LogP contribution in [0, 0.1) is 11.8 Å². The molecular formula is C15H22OSi. The first-order chi connectivity index (χ1) is 8.22. The fourth-order valence-electron chi connectivity index (χ4n) is 3.90. The highest BCUT2D eigenvalue weighted by atomic mass is 28.1. The van der Waals surface area contributed by atoms with Crippen molar-refractivity contribution in [2.75, 3.05) is 0 Å². The van der Waals surface area contributed by atoms with Gasteiger partial charge in [-0.25, -0.2) is 0 Å². The molecule has 92 valence electrons. The normalized spacial score (nSPS) is 35.6. The SMILES string of the molecule is OC1(c2ccc(CC[SiH3])cc2)CC2CCC1C2. The summed E-state index contributed by atoms with van der Waals surface area (Å²) in [5, 5.41) is 10.9. The highest BCUT2D eigenvalue weighted by Crippen LogP contribution is 2.55. The summed E-state index contributed by atoms with van der Waals surface area (Å²) in [5.41, 5.74) is 2.10. The molecule has 1 nitrogen and oxygen atoms in total. The van der Waals surface area contributed by atoms with Crippen LogP contribution in [0.15, 0.2) is 24.3 Å². The molecule has 2 aliphatic carbocycles. The quantitative estimate of drug-likeness (QED) is 0.809. The van der Waals surface area contributed by atoms with Gasteiger partial charge in [0.25, 0.3) is 0 Å². The molecule has 2 bridgehead atoms. The van der Waals surface area contributed by atoms with E-state index < -0.39 is 5.60 Å². The molecule has 2 aliphatic rings. The smallest absolute Gasteiger partial charge is 0.0927 e. The number of fused-ring (bicyclic) bond motifs is 2. The van der Waals surface area contributed by atoms with E-state index in [4.69, 9.17) is 0 Å². The van der Waals surface area contributed by atoms with Gasteiger partial charge in [0.2, 0.25) is 0 Å². The Kier molecular flexibility index (Phi) is 2.87. The van der Waals surface area contributed by atoms with E-state index in [0.717, 1.165) is 12.3 Å². The lowest BCUT2D eigenvalue weighted by molar-refractivity contribution is -0.0182. The van der Waals surface area contributed by atoms with E-state index in [1.54, 1.807) is 0 Å². The zero-order chi connectivity index (χ0) is 11.9. The van der Waals surface area contributed by atoms with E-state index in [-0.39, 0.29) is 0 Å². The van der Waals surface area contributed by atoms with Crippen molar-refractivity contribution in [3.05, 3.63) is 35.4 Å². The first-order valence-corrected chi connectivity index (χ1v) is 8.45. The average molecular weight is 246 g/mol. The van der Waals surface area contributed by atoms with E-state index in [1.807, 2.05) is 0 Å². The Morgan fingerprint density at radius 2 is 2.00 bits per heavy atom. The van der Waals surface area contributed by atoms with Gasteiger partial charge in [-0.2, -0.15) is 0 Å². The van der Waals surface area contributed by atoms with Crippen molar-refractivity contribution in [3.8, 4) is 0 Å². The number of hydrogen-bond acceptors (Lipinski definition) is 1. The summed E-state index contributed by atoms with van der Waals surface area (Å²) in [4.78, 5) is 0. The number of aliphatic hydroxyl groups is 1. The molecule has 3 unspecified atom stereocenters. The largest absolute Gasteiger partial charge is 0.385 e. The minimum Gasteiger partial charge on any atom is -0.385 e. The third-order valence-corrected chi connectivity index (χ3v) is 5.31. The van der Waals surface area contributed by atoms with Crippen LogP contribution in [0.5, 0.6) is 0 Å². The molecule has 0 aromatic heterocycles. The lowest BCUT2D eigenvalue weighted by Gasteiger charge is -2.33.